The number of piperidine rings is 1. The third-order valence-corrected chi connectivity index (χ3v) is 7.39. The molecule has 0 spiro atoms. The number of rotatable bonds is 2. The number of hydrogen-bond acceptors (Lipinski definition) is 4. The molecule has 0 amide bonds. The highest BCUT2D eigenvalue weighted by molar-refractivity contribution is 7.89. The lowest BCUT2D eigenvalue weighted by atomic mass is 9.94. The quantitative estimate of drug-likeness (QED) is 0.899. The highest BCUT2D eigenvalue weighted by atomic mass is 35.5. The molecule has 4 nitrogen and oxygen atoms in total. The molecule has 19 heavy (non-hydrogen) atoms. The Morgan fingerprint density at radius 1 is 1.37 bits per heavy atom. The molecule has 0 saturated carbocycles. The van der Waals surface area contributed by atoms with E-state index in [4.69, 9.17) is 23.2 Å². The fourth-order valence-corrected chi connectivity index (χ4v) is 6.48. The van der Waals surface area contributed by atoms with Crippen LogP contribution in [-0.4, -0.2) is 38.4 Å². The predicted octanol–water partition coefficient (Wildman–Crippen LogP) is 2.43. The summed E-state index contributed by atoms with van der Waals surface area (Å²) in [5.41, 5.74) is 0. The van der Waals surface area contributed by atoms with Crippen molar-refractivity contribution >= 4 is 44.6 Å². The molecule has 1 aromatic heterocycles. The molecule has 1 aromatic rings. The molecule has 8 heteroatoms. The number of fused-ring (bicyclic) bond motifs is 1. The minimum Gasteiger partial charge on any atom is -0.312 e. The Labute approximate surface area is 126 Å². The van der Waals surface area contributed by atoms with Crippen LogP contribution in [0, 0.1) is 5.92 Å². The minimum absolute atomic E-state index is 0.141. The second-order valence-electron chi connectivity index (χ2n) is 4.97. The molecule has 2 aliphatic heterocycles. The summed E-state index contributed by atoms with van der Waals surface area (Å²) < 4.78 is 27.3. The molecule has 1 N–H and O–H groups in total. The van der Waals surface area contributed by atoms with Crippen LogP contribution in [0.3, 0.4) is 0 Å². The van der Waals surface area contributed by atoms with Gasteiger partial charge in [0.15, 0.2) is 0 Å². The molecular weight excluding hydrogens is 327 g/mol. The number of halogens is 2. The van der Waals surface area contributed by atoms with Gasteiger partial charge in [-0.15, -0.1) is 11.3 Å². The van der Waals surface area contributed by atoms with E-state index < -0.39 is 10.0 Å². The van der Waals surface area contributed by atoms with E-state index in [-0.39, 0.29) is 15.3 Å². The first-order chi connectivity index (χ1) is 8.98. The third kappa shape index (κ3) is 2.54. The first kappa shape index (κ1) is 14.1. The molecule has 2 atom stereocenters. The highest BCUT2D eigenvalue weighted by Gasteiger charge is 2.41. The summed E-state index contributed by atoms with van der Waals surface area (Å²) in [6, 6.07) is 1.72. The Hall–Kier alpha value is 0.150. The maximum Gasteiger partial charge on any atom is 0.245 e. The van der Waals surface area contributed by atoms with Gasteiger partial charge in [-0.2, -0.15) is 4.31 Å². The van der Waals surface area contributed by atoms with Crippen LogP contribution in [0.25, 0.3) is 0 Å². The van der Waals surface area contributed by atoms with E-state index in [9.17, 15) is 8.42 Å². The van der Waals surface area contributed by atoms with Gasteiger partial charge in [0.2, 0.25) is 10.0 Å². The van der Waals surface area contributed by atoms with E-state index in [1.807, 2.05) is 0 Å². The molecule has 3 rings (SSSR count). The van der Waals surface area contributed by atoms with Crippen LogP contribution in [0.4, 0.5) is 0 Å². The van der Waals surface area contributed by atoms with Crippen LogP contribution in [0.5, 0.6) is 0 Å². The van der Waals surface area contributed by atoms with Gasteiger partial charge in [0.25, 0.3) is 0 Å². The summed E-state index contributed by atoms with van der Waals surface area (Å²) in [7, 11) is -3.52. The number of sulfonamides is 1. The molecule has 0 radical (unpaired) electrons. The van der Waals surface area contributed by atoms with Crippen molar-refractivity contribution in [2.24, 2.45) is 5.92 Å². The van der Waals surface area contributed by atoms with Gasteiger partial charge in [0.05, 0.1) is 4.34 Å². The zero-order valence-corrected chi connectivity index (χ0v) is 13.2. The van der Waals surface area contributed by atoms with E-state index >= 15 is 0 Å². The number of hydrogen-bond donors (Lipinski definition) is 1. The van der Waals surface area contributed by atoms with Crippen molar-refractivity contribution in [1.82, 2.24) is 9.62 Å². The molecule has 0 aromatic carbocycles. The first-order valence-electron chi connectivity index (χ1n) is 6.17. The number of nitrogens with zero attached hydrogens (tertiary/aromatic N) is 1. The Morgan fingerprint density at radius 3 is 2.79 bits per heavy atom. The van der Waals surface area contributed by atoms with Crippen molar-refractivity contribution in [2.45, 2.75) is 23.8 Å². The Kier molecular flexibility index (Phi) is 3.83. The summed E-state index contributed by atoms with van der Waals surface area (Å²) in [5, 5.41) is 3.39. The zero-order chi connectivity index (χ0) is 13.6. The molecular formula is C11H14Cl2N2O2S2. The Morgan fingerprint density at radius 2 is 2.16 bits per heavy atom. The van der Waals surface area contributed by atoms with Gasteiger partial charge in [-0.1, -0.05) is 23.2 Å². The van der Waals surface area contributed by atoms with E-state index in [0.717, 1.165) is 30.7 Å². The van der Waals surface area contributed by atoms with E-state index in [0.29, 0.717) is 23.3 Å². The average Bonchev–Trinajstić information content (AvgIpc) is 2.92. The average molecular weight is 341 g/mol. The first-order valence-corrected chi connectivity index (χ1v) is 9.18. The summed E-state index contributed by atoms with van der Waals surface area (Å²) in [5.74, 6) is 0.413. The largest absolute Gasteiger partial charge is 0.312 e. The van der Waals surface area contributed by atoms with Crippen LogP contribution >= 0.6 is 34.5 Å². The van der Waals surface area contributed by atoms with Crippen molar-refractivity contribution in [3.05, 3.63) is 14.7 Å². The third-order valence-electron chi connectivity index (χ3n) is 3.81. The van der Waals surface area contributed by atoms with Crippen LogP contribution in [0.15, 0.2) is 11.0 Å². The summed E-state index contributed by atoms with van der Waals surface area (Å²) in [6.45, 7) is 2.07. The highest BCUT2D eigenvalue weighted by Crippen LogP contribution is 2.37. The predicted molar refractivity (Wildman–Crippen MR) is 77.6 cm³/mol. The van der Waals surface area contributed by atoms with Crippen LogP contribution < -0.4 is 5.32 Å². The maximum atomic E-state index is 12.6. The van der Waals surface area contributed by atoms with Crippen LogP contribution in [0.2, 0.25) is 8.67 Å². The van der Waals surface area contributed by atoms with Crippen molar-refractivity contribution in [3.63, 3.8) is 0 Å². The number of nitrogens with one attached hydrogen (secondary N) is 1. The van der Waals surface area contributed by atoms with E-state index in [2.05, 4.69) is 5.32 Å². The fraction of sp³-hybridized carbons (Fsp3) is 0.636. The van der Waals surface area contributed by atoms with Gasteiger partial charge in [-0.3, -0.25) is 0 Å². The van der Waals surface area contributed by atoms with Gasteiger partial charge >= 0.3 is 0 Å². The summed E-state index contributed by atoms with van der Waals surface area (Å²) in [6.07, 6.45) is 2.20. The molecule has 2 aliphatic rings. The molecule has 2 fully saturated rings. The minimum atomic E-state index is -3.52. The summed E-state index contributed by atoms with van der Waals surface area (Å²) >= 11 is 12.9. The monoisotopic (exact) mass is 340 g/mol. The van der Waals surface area contributed by atoms with Crippen LogP contribution in [-0.2, 0) is 10.0 Å². The van der Waals surface area contributed by atoms with Gasteiger partial charge in [-0.05, 0) is 31.4 Å². The van der Waals surface area contributed by atoms with E-state index in [1.54, 1.807) is 0 Å². The smallest absolute Gasteiger partial charge is 0.245 e. The van der Waals surface area contributed by atoms with Gasteiger partial charge in [-0.25, -0.2) is 8.42 Å². The van der Waals surface area contributed by atoms with Crippen LogP contribution in [0.1, 0.15) is 12.8 Å². The second kappa shape index (κ2) is 5.16. The normalized spacial score (nSPS) is 28.5. The molecule has 106 valence electrons. The summed E-state index contributed by atoms with van der Waals surface area (Å²) in [4.78, 5) is 0.141. The SMILES string of the molecule is O=S(=O)(c1cc(Cl)sc1Cl)N1C[C@@H]2CCCN[C@@H]2C1. The standard InChI is InChI=1S/C11H14Cl2N2O2S2/c12-10-4-9(11(13)18-10)19(16,17)15-5-7-2-1-3-14-8(7)6-15/h4,7-8,14H,1-3,5-6H2/t7-,8+/m0/s1. The van der Waals surface area contributed by atoms with Gasteiger partial charge < -0.3 is 5.32 Å². The Balaban J connectivity index is 1.87. The van der Waals surface area contributed by atoms with Gasteiger partial charge in [0.1, 0.15) is 9.23 Å². The fourth-order valence-electron chi connectivity index (χ4n) is 2.84. The lowest BCUT2D eigenvalue weighted by Crippen LogP contribution is -2.41. The molecule has 3 heterocycles. The van der Waals surface area contributed by atoms with Crippen molar-refractivity contribution in [1.29, 1.82) is 0 Å². The molecule has 0 bridgehead atoms. The molecule has 0 aliphatic carbocycles. The van der Waals surface area contributed by atoms with Crippen molar-refractivity contribution < 1.29 is 8.42 Å². The zero-order valence-electron chi connectivity index (χ0n) is 10.1. The van der Waals surface area contributed by atoms with Crippen molar-refractivity contribution in [2.75, 3.05) is 19.6 Å². The second-order valence-corrected chi connectivity index (χ2v) is 9.17. The van der Waals surface area contributed by atoms with Crippen molar-refractivity contribution in [3.8, 4) is 0 Å². The Bertz CT molecular complexity index is 574. The topological polar surface area (TPSA) is 49.4 Å². The lowest BCUT2D eigenvalue weighted by molar-refractivity contribution is 0.339. The van der Waals surface area contributed by atoms with Gasteiger partial charge in [0, 0.05) is 19.1 Å². The van der Waals surface area contributed by atoms with E-state index in [1.165, 1.54) is 10.4 Å². The molecule has 0 unspecified atom stereocenters. The number of thiophene rings is 1. The molecule has 2 saturated heterocycles. The maximum absolute atomic E-state index is 12.6. The lowest BCUT2D eigenvalue weighted by Gasteiger charge is -2.24.